The van der Waals surface area contributed by atoms with E-state index in [9.17, 15) is 0 Å². The zero-order valence-electron chi connectivity index (χ0n) is 11.2. The minimum absolute atomic E-state index is 0.610. The van der Waals surface area contributed by atoms with Gasteiger partial charge in [0, 0.05) is 11.4 Å². The van der Waals surface area contributed by atoms with E-state index in [4.69, 9.17) is 0 Å². The smallest absolute Gasteiger partial charge is 0.0363 e. The first kappa shape index (κ1) is 15.9. The maximum Gasteiger partial charge on any atom is 0.0363 e. The van der Waals surface area contributed by atoms with Crippen LogP contribution in [0.2, 0.25) is 0 Å². The van der Waals surface area contributed by atoms with Gasteiger partial charge in [-0.2, -0.15) is 0 Å². The van der Waals surface area contributed by atoms with Crippen LogP contribution in [0, 0.1) is 5.92 Å². The number of nitrogens with zero attached hydrogens (tertiary/aromatic N) is 1. The van der Waals surface area contributed by atoms with E-state index in [2.05, 4.69) is 46.5 Å². The highest BCUT2D eigenvalue weighted by Gasteiger charge is 2.00. The molecule has 0 radical (unpaired) electrons. The van der Waals surface area contributed by atoms with Gasteiger partial charge in [0.2, 0.25) is 0 Å². The summed E-state index contributed by atoms with van der Waals surface area (Å²) >= 11 is 0. The van der Waals surface area contributed by atoms with Crippen LogP contribution in [0.25, 0.3) is 0 Å². The van der Waals surface area contributed by atoms with E-state index in [0.717, 1.165) is 6.42 Å². The van der Waals surface area contributed by atoms with E-state index < -0.39 is 0 Å². The second-order valence-electron chi connectivity index (χ2n) is 3.62. The van der Waals surface area contributed by atoms with Gasteiger partial charge in [-0.1, -0.05) is 34.6 Å². The molecule has 0 aromatic carbocycles. The molecule has 0 saturated carbocycles. The van der Waals surface area contributed by atoms with Crippen LogP contribution in [-0.4, -0.2) is 5.71 Å². The third kappa shape index (κ3) is 6.88. The van der Waals surface area contributed by atoms with Crippen molar-refractivity contribution < 1.29 is 0 Å². The highest BCUT2D eigenvalue weighted by atomic mass is 14.7. The van der Waals surface area contributed by atoms with Gasteiger partial charge in [0.1, 0.15) is 0 Å². The zero-order chi connectivity index (χ0) is 11.7. The lowest BCUT2D eigenvalue weighted by Gasteiger charge is -2.07. The molecule has 0 spiro atoms. The number of allylic oxidation sites excluding steroid dienone is 2. The minimum atomic E-state index is 0.610. The Labute approximate surface area is 90.3 Å². The summed E-state index contributed by atoms with van der Waals surface area (Å²) in [5, 5.41) is 0. The van der Waals surface area contributed by atoms with Gasteiger partial charge in [-0.05, 0) is 38.7 Å². The Morgan fingerprint density at radius 2 is 1.50 bits per heavy atom. The monoisotopic (exact) mass is 197 g/mol. The van der Waals surface area contributed by atoms with Crippen LogP contribution in [0.15, 0.2) is 16.3 Å². The summed E-state index contributed by atoms with van der Waals surface area (Å²) in [6.07, 6.45) is 1.04. The third-order valence-corrected chi connectivity index (χ3v) is 2.31. The van der Waals surface area contributed by atoms with Crippen molar-refractivity contribution in [3.63, 3.8) is 0 Å². The van der Waals surface area contributed by atoms with Gasteiger partial charge in [0.05, 0.1) is 0 Å². The fraction of sp³-hybridized carbons (Fsp3) is 0.769. The Morgan fingerprint density at radius 1 is 1.07 bits per heavy atom. The maximum atomic E-state index is 4.51. The van der Waals surface area contributed by atoms with Crippen LogP contribution in [0.4, 0.5) is 0 Å². The predicted molar refractivity (Wildman–Crippen MR) is 68.0 cm³/mol. The van der Waals surface area contributed by atoms with Crippen molar-refractivity contribution in [2.45, 2.75) is 61.8 Å². The molecule has 0 atom stereocenters. The summed E-state index contributed by atoms with van der Waals surface area (Å²) in [4.78, 5) is 4.51. The van der Waals surface area contributed by atoms with Gasteiger partial charge in [-0.25, -0.2) is 0 Å². The quantitative estimate of drug-likeness (QED) is 0.574. The fourth-order valence-corrected chi connectivity index (χ4v) is 0.871. The van der Waals surface area contributed by atoms with Crippen LogP contribution in [0.1, 0.15) is 61.8 Å². The van der Waals surface area contributed by atoms with E-state index in [-0.39, 0.29) is 0 Å². The van der Waals surface area contributed by atoms with Crippen molar-refractivity contribution in [3.8, 4) is 0 Å². The minimum Gasteiger partial charge on any atom is -0.263 e. The van der Waals surface area contributed by atoms with Gasteiger partial charge in [0.15, 0.2) is 0 Å². The zero-order valence-corrected chi connectivity index (χ0v) is 11.2. The van der Waals surface area contributed by atoms with Crippen molar-refractivity contribution >= 4 is 5.71 Å². The molecular formula is C13H27N. The van der Waals surface area contributed by atoms with Crippen molar-refractivity contribution in [1.82, 2.24) is 0 Å². The van der Waals surface area contributed by atoms with Crippen molar-refractivity contribution in [2.24, 2.45) is 10.9 Å². The predicted octanol–water partition coefficient (Wildman–Crippen LogP) is 4.83. The Kier molecular flexibility index (Phi) is 10.2. The van der Waals surface area contributed by atoms with Crippen molar-refractivity contribution in [2.75, 3.05) is 0 Å². The molecule has 0 rings (SSSR count). The normalized spacial score (nSPS) is 13.4. The van der Waals surface area contributed by atoms with E-state index in [1.165, 1.54) is 17.0 Å². The van der Waals surface area contributed by atoms with Crippen LogP contribution >= 0.6 is 0 Å². The summed E-state index contributed by atoms with van der Waals surface area (Å²) in [7, 11) is 0. The Morgan fingerprint density at radius 3 is 1.79 bits per heavy atom. The Bertz CT molecular complexity index is 197. The van der Waals surface area contributed by atoms with Gasteiger partial charge in [-0.3, -0.25) is 4.99 Å². The molecule has 0 bridgehead atoms. The van der Waals surface area contributed by atoms with Crippen LogP contribution in [0.3, 0.4) is 0 Å². The molecule has 0 amide bonds. The van der Waals surface area contributed by atoms with Gasteiger partial charge >= 0.3 is 0 Å². The van der Waals surface area contributed by atoms with E-state index in [1.807, 2.05) is 13.8 Å². The van der Waals surface area contributed by atoms with Crippen molar-refractivity contribution in [1.29, 1.82) is 0 Å². The first-order valence-corrected chi connectivity index (χ1v) is 5.70. The van der Waals surface area contributed by atoms with Crippen LogP contribution in [0.5, 0.6) is 0 Å². The molecule has 1 heteroatoms. The SMILES string of the molecule is CC.CCC(C)=N/C(C)=C(\C)C(C)C. The number of aliphatic imine (C=N–C) groups is 1. The topological polar surface area (TPSA) is 12.4 Å². The highest BCUT2D eigenvalue weighted by Crippen LogP contribution is 2.14. The third-order valence-electron chi connectivity index (χ3n) is 2.31. The Hall–Kier alpha value is -0.590. The van der Waals surface area contributed by atoms with E-state index in [0.29, 0.717) is 5.92 Å². The van der Waals surface area contributed by atoms with Crippen molar-refractivity contribution in [3.05, 3.63) is 11.3 Å². The molecule has 0 aliphatic heterocycles. The molecule has 0 fully saturated rings. The molecule has 1 nitrogen and oxygen atoms in total. The Balaban J connectivity index is 0. The summed E-state index contributed by atoms with van der Waals surface area (Å²) in [6, 6.07) is 0. The molecule has 0 aromatic rings. The molecule has 0 heterocycles. The largest absolute Gasteiger partial charge is 0.263 e. The highest BCUT2D eigenvalue weighted by molar-refractivity contribution is 5.82. The molecule has 0 N–H and O–H groups in total. The lowest BCUT2D eigenvalue weighted by Crippen LogP contribution is -1.94. The first-order chi connectivity index (χ1) is 6.49. The lowest BCUT2D eigenvalue weighted by atomic mass is 10.0. The summed E-state index contributed by atoms with van der Waals surface area (Å²) in [5.74, 6) is 0.610. The molecule has 84 valence electrons. The molecular weight excluding hydrogens is 170 g/mol. The van der Waals surface area contributed by atoms with Gasteiger partial charge in [-0.15, -0.1) is 0 Å². The lowest BCUT2D eigenvalue weighted by molar-refractivity contribution is 0.754. The van der Waals surface area contributed by atoms with Gasteiger partial charge in [0.25, 0.3) is 0 Å². The number of hydrogen-bond acceptors (Lipinski definition) is 1. The van der Waals surface area contributed by atoms with Crippen LogP contribution in [-0.2, 0) is 0 Å². The fourth-order valence-electron chi connectivity index (χ4n) is 0.871. The molecule has 0 aliphatic rings. The van der Waals surface area contributed by atoms with Gasteiger partial charge < -0.3 is 0 Å². The average molecular weight is 197 g/mol. The molecule has 0 unspecified atom stereocenters. The molecule has 14 heavy (non-hydrogen) atoms. The maximum absolute atomic E-state index is 4.51. The number of rotatable bonds is 3. The van der Waals surface area contributed by atoms with E-state index in [1.54, 1.807) is 0 Å². The average Bonchev–Trinajstić information content (AvgIpc) is 2.19. The van der Waals surface area contributed by atoms with E-state index >= 15 is 0 Å². The summed E-state index contributed by atoms with van der Waals surface area (Å²) in [6.45, 7) is 16.9. The molecule has 0 aliphatic carbocycles. The first-order valence-electron chi connectivity index (χ1n) is 5.70. The molecule has 0 aromatic heterocycles. The second-order valence-corrected chi connectivity index (χ2v) is 3.62. The second kappa shape index (κ2) is 8.98. The standard InChI is InChI=1S/C11H21N.C2H6/c1-7-9(4)12-11(6)10(5)8(2)3;1-2/h8H,7H2,1-6H3;1-2H3/b11-10+,12-9?;. The van der Waals surface area contributed by atoms with Crippen LogP contribution < -0.4 is 0 Å². The summed E-state index contributed by atoms with van der Waals surface area (Å²) < 4.78 is 0. The summed E-state index contributed by atoms with van der Waals surface area (Å²) in [5.41, 5.74) is 3.79. The molecule has 0 saturated heterocycles. The number of hydrogen-bond donors (Lipinski definition) is 0.